The molecule has 1 aliphatic heterocycles. The van der Waals surface area contributed by atoms with Gasteiger partial charge in [0.15, 0.2) is 5.78 Å². The van der Waals surface area contributed by atoms with E-state index in [0.717, 1.165) is 38.7 Å². The predicted molar refractivity (Wildman–Crippen MR) is 115 cm³/mol. The van der Waals surface area contributed by atoms with E-state index in [1.54, 1.807) is 0 Å². The summed E-state index contributed by atoms with van der Waals surface area (Å²) in [7, 11) is 2.22. The molecular weight excluding hydrogens is 435 g/mol. The first-order valence-corrected chi connectivity index (χ1v) is 10.3. The summed E-state index contributed by atoms with van der Waals surface area (Å²) in [6, 6.07) is 16.6. The summed E-state index contributed by atoms with van der Waals surface area (Å²) in [5, 5.41) is 1.05. The van der Waals surface area contributed by atoms with Gasteiger partial charge in [-0.15, -0.1) is 0 Å². The lowest BCUT2D eigenvalue weighted by molar-refractivity contribution is 0.103. The third-order valence-electron chi connectivity index (χ3n) is 5.45. The molecule has 134 valence electrons. The molecule has 1 aromatic heterocycles. The zero-order valence-corrected chi connectivity index (χ0v) is 17.1. The van der Waals surface area contributed by atoms with E-state index in [1.165, 1.54) is 19.3 Å². The molecule has 4 rings (SSSR count). The van der Waals surface area contributed by atoms with Crippen molar-refractivity contribution in [1.29, 1.82) is 0 Å². The molecule has 2 heterocycles. The number of aromatic nitrogens is 1. The number of carbonyl (C=O) groups excluding carboxylic acids is 1. The molecule has 1 unspecified atom stereocenters. The van der Waals surface area contributed by atoms with Crippen LogP contribution in [0, 0.1) is 3.57 Å². The quantitative estimate of drug-likeness (QED) is 0.408. The predicted octanol–water partition coefficient (Wildman–Crippen LogP) is 4.96. The van der Waals surface area contributed by atoms with E-state index < -0.39 is 0 Å². The Hall–Kier alpha value is -1.66. The van der Waals surface area contributed by atoms with Gasteiger partial charge in [-0.2, -0.15) is 0 Å². The molecule has 0 radical (unpaired) electrons. The van der Waals surface area contributed by atoms with Crippen LogP contribution in [-0.4, -0.2) is 34.9 Å². The smallest absolute Gasteiger partial charge is 0.195 e. The molecule has 4 heteroatoms. The molecule has 0 bridgehead atoms. The number of piperidine rings is 1. The van der Waals surface area contributed by atoms with Gasteiger partial charge in [0.25, 0.3) is 0 Å². The van der Waals surface area contributed by atoms with Crippen molar-refractivity contribution in [2.75, 3.05) is 13.6 Å². The third kappa shape index (κ3) is 3.45. The summed E-state index contributed by atoms with van der Waals surface area (Å²) in [6.45, 7) is 2.11. The Bertz CT molecular complexity index is 946. The van der Waals surface area contributed by atoms with Gasteiger partial charge in [0, 0.05) is 44.4 Å². The van der Waals surface area contributed by atoms with Crippen LogP contribution in [0.15, 0.2) is 54.7 Å². The number of fused-ring (bicyclic) bond motifs is 1. The van der Waals surface area contributed by atoms with Gasteiger partial charge in [-0.05, 0) is 67.2 Å². The van der Waals surface area contributed by atoms with Crippen LogP contribution in [0.25, 0.3) is 10.9 Å². The maximum absolute atomic E-state index is 13.2. The largest absolute Gasteiger partial charge is 0.345 e. The first-order chi connectivity index (χ1) is 12.6. The van der Waals surface area contributed by atoms with Crippen molar-refractivity contribution >= 4 is 39.3 Å². The first kappa shape index (κ1) is 17.7. The number of carbonyl (C=O) groups is 1. The van der Waals surface area contributed by atoms with E-state index in [1.807, 2.05) is 30.3 Å². The molecule has 3 aromatic rings. The van der Waals surface area contributed by atoms with Crippen LogP contribution in [-0.2, 0) is 6.54 Å². The van der Waals surface area contributed by atoms with Gasteiger partial charge in [0.05, 0.1) is 0 Å². The highest BCUT2D eigenvalue weighted by Gasteiger charge is 2.22. The van der Waals surface area contributed by atoms with Gasteiger partial charge in [-0.25, -0.2) is 0 Å². The molecule has 0 amide bonds. The van der Waals surface area contributed by atoms with Crippen molar-refractivity contribution in [1.82, 2.24) is 9.47 Å². The Labute approximate surface area is 168 Å². The van der Waals surface area contributed by atoms with Gasteiger partial charge in [-0.1, -0.05) is 36.8 Å². The molecular formula is C22H23IN2O. The number of hydrogen-bond acceptors (Lipinski definition) is 2. The molecule has 0 aliphatic carbocycles. The number of rotatable bonds is 4. The molecule has 3 nitrogen and oxygen atoms in total. The average Bonchev–Trinajstić information content (AvgIpc) is 3.02. The fourth-order valence-electron chi connectivity index (χ4n) is 3.97. The monoisotopic (exact) mass is 458 g/mol. The standard InChI is InChI=1S/C22H23IN2O/c1-24-12-5-4-9-18(24)14-25-15-20(19-10-2-3-11-21(19)25)22(26)16-7-6-8-17(23)13-16/h2-3,6-8,10-11,13,15,18H,4-5,9,12,14H2,1H3. The number of halogens is 1. The molecule has 1 aliphatic rings. The normalized spacial score (nSPS) is 18.3. The fraction of sp³-hybridized carbons (Fsp3) is 0.318. The maximum Gasteiger partial charge on any atom is 0.195 e. The van der Waals surface area contributed by atoms with Crippen molar-refractivity contribution in [2.24, 2.45) is 0 Å². The molecule has 2 aromatic carbocycles. The molecule has 0 saturated carbocycles. The zero-order chi connectivity index (χ0) is 18.1. The van der Waals surface area contributed by atoms with Crippen molar-refractivity contribution in [2.45, 2.75) is 31.8 Å². The highest BCUT2D eigenvalue weighted by atomic mass is 127. The second-order valence-corrected chi connectivity index (χ2v) is 8.43. The SMILES string of the molecule is CN1CCCCC1Cn1cc(C(=O)c2cccc(I)c2)c2ccccc21. The van der Waals surface area contributed by atoms with Crippen molar-refractivity contribution in [3.8, 4) is 0 Å². The van der Waals surface area contributed by atoms with Crippen molar-refractivity contribution in [3.05, 3.63) is 69.4 Å². The first-order valence-electron chi connectivity index (χ1n) is 9.22. The number of likely N-dealkylation sites (tertiary alicyclic amines) is 1. The minimum Gasteiger partial charge on any atom is -0.345 e. The molecule has 1 fully saturated rings. The highest BCUT2D eigenvalue weighted by Crippen LogP contribution is 2.26. The Morgan fingerprint density at radius 2 is 2.00 bits per heavy atom. The van der Waals surface area contributed by atoms with E-state index in [4.69, 9.17) is 0 Å². The van der Waals surface area contributed by atoms with Crippen LogP contribution in [0.2, 0.25) is 0 Å². The lowest BCUT2D eigenvalue weighted by Gasteiger charge is -2.32. The molecule has 0 N–H and O–H groups in total. The van der Waals surface area contributed by atoms with Crippen LogP contribution in [0.1, 0.15) is 35.2 Å². The van der Waals surface area contributed by atoms with Crippen molar-refractivity contribution < 1.29 is 4.79 Å². The van der Waals surface area contributed by atoms with E-state index in [-0.39, 0.29) is 5.78 Å². The summed E-state index contributed by atoms with van der Waals surface area (Å²) >= 11 is 2.26. The third-order valence-corrected chi connectivity index (χ3v) is 6.12. The zero-order valence-electron chi connectivity index (χ0n) is 15.0. The summed E-state index contributed by atoms with van der Waals surface area (Å²) in [4.78, 5) is 15.6. The maximum atomic E-state index is 13.2. The molecule has 1 atom stereocenters. The number of para-hydroxylation sites is 1. The topological polar surface area (TPSA) is 25.2 Å². The van der Waals surface area contributed by atoms with E-state index in [2.05, 4.69) is 63.5 Å². The Morgan fingerprint density at radius 1 is 1.15 bits per heavy atom. The molecule has 26 heavy (non-hydrogen) atoms. The number of hydrogen-bond donors (Lipinski definition) is 0. The van der Waals surface area contributed by atoms with Crippen LogP contribution < -0.4 is 0 Å². The van der Waals surface area contributed by atoms with Crippen LogP contribution in [0.3, 0.4) is 0 Å². The fourth-order valence-corrected chi connectivity index (χ4v) is 4.51. The second-order valence-electron chi connectivity index (χ2n) is 7.18. The second kappa shape index (κ2) is 7.53. The minimum absolute atomic E-state index is 0.107. The van der Waals surface area contributed by atoms with Crippen LogP contribution in [0.4, 0.5) is 0 Å². The Balaban J connectivity index is 1.73. The van der Waals surface area contributed by atoms with E-state index in [9.17, 15) is 4.79 Å². The molecule has 1 saturated heterocycles. The van der Waals surface area contributed by atoms with Crippen LogP contribution >= 0.6 is 22.6 Å². The van der Waals surface area contributed by atoms with Gasteiger partial charge in [-0.3, -0.25) is 4.79 Å². The summed E-state index contributed by atoms with van der Waals surface area (Å²) in [5.74, 6) is 0.107. The summed E-state index contributed by atoms with van der Waals surface area (Å²) in [6.07, 6.45) is 5.87. The Morgan fingerprint density at radius 3 is 2.81 bits per heavy atom. The van der Waals surface area contributed by atoms with E-state index >= 15 is 0 Å². The van der Waals surface area contributed by atoms with Gasteiger partial charge < -0.3 is 9.47 Å². The lowest BCUT2D eigenvalue weighted by Crippen LogP contribution is -2.39. The molecule has 0 spiro atoms. The number of likely N-dealkylation sites (N-methyl/N-ethyl adjacent to an activating group) is 1. The minimum atomic E-state index is 0.107. The van der Waals surface area contributed by atoms with Crippen molar-refractivity contribution in [3.63, 3.8) is 0 Å². The number of ketones is 1. The number of nitrogens with zero attached hydrogens (tertiary/aromatic N) is 2. The Kier molecular flexibility index (Phi) is 5.14. The lowest BCUT2D eigenvalue weighted by atomic mass is 10.0. The number of benzene rings is 2. The van der Waals surface area contributed by atoms with Gasteiger partial charge in [0.2, 0.25) is 0 Å². The summed E-state index contributed by atoms with van der Waals surface area (Å²) < 4.78 is 3.36. The highest BCUT2D eigenvalue weighted by molar-refractivity contribution is 14.1. The summed E-state index contributed by atoms with van der Waals surface area (Å²) in [5.41, 5.74) is 2.72. The van der Waals surface area contributed by atoms with Crippen LogP contribution in [0.5, 0.6) is 0 Å². The van der Waals surface area contributed by atoms with Gasteiger partial charge >= 0.3 is 0 Å². The van der Waals surface area contributed by atoms with E-state index in [0.29, 0.717) is 6.04 Å². The van der Waals surface area contributed by atoms with Gasteiger partial charge in [0.1, 0.15) is 0 Å². The average molecular weight is 458 g/mol.